The Labute approximate surface area is 118 Å². The number of ether oxygens (including phenoxy) is 1. The van der Waals surface area contributed by atoms with Crippen LogP contribution in [-0.2, 0) is 0 Å². The molecule has 1 aromatic rings. The summed E-state index contributed by atoms with van der Waals surface area (Å²) in [5.74, 6) is 1.60. The van der Waals surface area contributed by atoms with E-state index in [1.807, 2.05) is 12.1 Å². The highest BCUT2D eigenvalue weighted by Gasteiger charge is 2.26. The van der Waals surface area contributed by atoms with E-state index in [0.717, 1.165) is 23.3 Å². The number of piperidine rings is 1. The van der Waals surface area contributed by atoms with Gasteiger partial charge in [0.1, 0.15) is 5.75 Å². The maximum absolute atomic E-state index is 5.46. The van der Waals surface area contributed by atoms with Gasteiger partial charge in [-0.05, 0) is 37.6 Å². The topological polar surface area (TPSA) is 24.5 Å². The van der Waals surface area contributed by atoms with Crippen LogP contribution in [0.15, 0.2) is 22.7 Å². The third-order valence-electron chi connectivity index (χ3n) is 3.76. The predicted octanol–water partition coefficient (Wildman–Crippen LogP) is 2.89. The maximum atomic E-state index is 5.46. The van der Waals surface area contributed by atoms with Gasteiger partial charge in [-0.15, -0.1) is 0 Å². The lowest BCUT2D eigenvalue weighted by Crippen LogP contribution is -2.47. The molecule has 0 bridgehead atoms. The van der Waals surface area contributed by atoms with E-state index >= 15 is 0 Å². The van der Waals surface area contributed by atoms with Gasteiger partial charge in [0, 0.05) is 23.6 Å². The molecule has 0 spiro atoms. The second kappa shape index (κ2) is 5.93. The Morgan fingerprint density at radius 3 is 2.83 bits per heavy atom. The zero-order chi connectivity index (χ0) is 13.1. The van der Waals surface area contributed by atoms with E-state index in [-0.39, 0.29) is 0 Å². The molecule has 1 aliphatic heterocycles. The van der Waals surface area contributed by atoms with Gasteiger partial charge in [0.15, 0.2) is 0 Å². The number of rotatable bonds is 3. The molecule has 1 aliphatic rings. The summed E-state index contributed by atoms with van der Waals surface area (Å²) in [6, 6.07) is 6.81. The van der Waals surface area contributed by atoms with Crippen LogP contribution in [0.4, 0.5) is 5.69 Å². The maximum Gasteiger partial charge on any atom is 0.142 e. The number of benzene rings is 1. The van der Waals surface area contributed by atoms with Gasteiger partial charge < -0.3 is 15.0 Å². The summed E-state index contributed by atoms with van der Waals surface area (Å²) in [6.45, 7) is 4.44. The van der Waals surface area contributed by atoms with Gasteiger partial charge in [0.05, 0.1) is 12.8 Å². The van der Waals surface area contributed by atoms with Crippen LogP contribution in [0.2, 0.25) is 0 Å². The van der Waals surface area contributed by atoms with Crippen molar-refractivity contribution in [3.05, 3.63) is 22.7 Å². The fourth-order valence-corrected chi connectivity index (χ4v) is 3.05. The molecule has 2 rings (SSSR count). The van der Waals surface area contributed by atoms with Crippen molar-refractivity contribution in [2.75, 3.05) is 32.1 Å². The summed E-state index contributed by atoms with van der Waals surface area (Å²) in [6.07, 6.45) is 1.17. The van der Waals surface area contributed by atoms with E-state index in [9.17, 15) is 0 Å². The van der Waals surface area contributed by atoms with Gasteiger partial charge in [-0.2, -0.15) is 0 Å². The van der Waals surface area contributed by atoms with E-state index in [1.54, 1.807) is 7.11 Å². The Morgan fingerprint density at radius 2 is 2.22 bits per heavy atom. The van der Waals surface area contributed by atoms with E-state index in [4.69, 9.17) is 4.74 Å². The second-order valence-electron chi connectivity index (χ2n) is 4.92. The highest BCUT2D eigenvalue weighted by Crippen LogP contribution is 2.34. The first-order chi connectivity index (χ1) is 8.65. The predicted molar refractivity (Wildman–Crippen MR) is 79.5 cm³/mol. The van der Waals surface area contributed by atoms with Gasteiger partial charge in [0.25, 0.3) is 0 Å². The molecule has 3 nitrogen and oxygen atoms in total. The Balaban J connectivity index is 2.19. The molecule has 1 N–H and O–H groups in total. The second-order valence-corrected chi connectivity index (χ2v) is 5.84. The van der Waals surface area contributed by atoms with Crippen LogP contribution in [0.25, 0.3) is 0 Å². The summed E-state index contributed by atoms with van der Waals surface area (Å²) in [7, 11) is 3.78. The van der Waals surface area contributed by atoms with Crippen molar-refractivity contribution in [3.8, 4) is 5.75 Å². The number of methoxy groups -OCH3 is 1. The Kier molecular flexibility index (Phi) is 4.51. The first kappa shape index (κ1) is 13.7. The van der Waals surface area contributed by atoms with Crippen molar-refractivity contribution < 1.29 is 4.74 Å². The summed E-state index contributed by atoms with van der Waals surface area (Å²) >= 11 is 3.54. The Morgan fingerprint density at radius 1 is 1.44 bits per heavy atom. The standard InChI is InChI=1S/C14H21BrN2O/c1-10-9-17(7-6-12(10)16-2)13-8-11(15)4-5-14(13)18-3/h4-5,8,10,12,16H,6-7,9H2,1-3H3. The molecule has 2 atom stereocenters. The van der Waals surface area contributed by atoms with Crippen LogP contribution in [0.3, 0.4) is 0 Å². The minimum atomic E-state index is 0.624. The molecule has 2 unspecified atom stereocenters. The van der Waals surface area contributed by atoms with Gasteiger partial charge in [-0.3, -0.25) is 0 Å². The van der Waals surface area contributed by atoms with Gasteiger partial charge in [-0.25, -0.2) is 0 Å². The molecule has 0 aromatic heterocycles. The van der Waals surface area contributed by atoms with Crippen LogP contribution in [-0.4, -0.2) is 33.3 Å². The van der Waals surface area contributed by atoms with E-state index < -0.39 is 0 Å². The largest absolute Gasteiger partial charge is 0.495 e. The van der Waals surface area contributed by atoms with Crippen LogP contribution >= 0.6 is 15.9 Å². The quantitative estimate of drug-likeness (QED) is 0.929. The van der Waals surface area contributed by atoms with Crippen molar-refractivity contribution in [1.82, 2.24) is 5.32 Å². The number of anilines is 1. The minimum absolute atomic E-state index is 0.624. The SMILES string of the molecule is CNC1CCN(c2cc(Br)ccc2OC)CC1C. The fourth-order valence-electron chi connectivity index (χ4n) is 2.70. The molecule has 1 fully saturated rings. The zero-order valence-electron chi connectivity index (χ0n) is 11.2. The molecule has 1 heterocycles. The molecular formula is C14H21BrN2O. The minimum Gasteiger partial charge on any atom is -0.495 e. The van der Waals surface area contributed by atoms with Gasteiger partial charge in [0.2, 0.25) is 0 Å². The monoisotopic (exact) mass is 312 g/mol. The number of nitrogens with one attached hydrogen (secondary N) is 1. The molecule has 4 heteroatoms. The van der Waals surface area contributed by atoms with Crippen molar-refractivity contribution >= 4 is 21.6 Å². The molecule has 100 valence electrons. The average Bonchev–Trinajstić information content (AvgIpc) is 2.38. The van der Waals surface area contributed by atoms with Crippen molar-refractivity contribution in [2.24, 2.45) is 5.92 Å². The third-order valence-corrected chi connectivity index (χ3v) is 4.25. The van der Waals surface area contributed by atoms with Crippen LogP contribution in [0.1, 0.15) is 13.3 Å². The summed E-state index contributed by atoms with van der Waals surface area (Å²) in [4.78, 5) is 2.42. The first-order valence-corrected chi connectivity index (χ1v) is 7.20. The van der Waals surface area contributed by atoms with E-state index in [2.05, 4.69) is 46.2 Å². The van der Waals surface area contributed by atoms with Crippen LogP contribution < -0.4 is 15.0 Å². The molecule has 18 heavy (non-hydrogen) atoms. The first-order valence-electron chi connectivity index (χ1n) is 6.41. The third kappa shape index (κ3) is 2.81. The van der Waals surface area contributed by atoms with E-state index in [1.165, 1.54) is 12.1 Å². The lowest BCUT2D eigenvalue weighted by Gasteiger charge is -2.38. The molecule has 0 saturated carbocycles. The van der Waals surface area contributed by atoms with Crippen molar-refractivity contribution in [2.45, 2.75) is 19.4 Å². The molecule has 0 amide bonds. The fraction of sp³-hybridized carbons (Fsp3) is 0.571. The smallest absolute Gasteiger partial charge is 0.142 e. The Hall–Kier alpha value is -0.740. The van der Waals surface area contributed by atoms with Gasteiger partial charge in [-0.1, -0.05) is 22.9 Å². The molecule has 1 saturated heterocycles. The highest BCUT2D eigenvalue weighted by molar-refractivity contribution is 9.10. The molecule has 0 aliphatic carbocycles. The number of hydrogen-bond donors (Lipinski definition) is 1. The van der Waals surface area contributed by atoms with Crippen molar-refractivity contribution in [3.63, 3.8) is 0 Å². The van der Waals surface area contributed by atoms with Crippen LogP contribution in [0, 0.1) is 5.92 Å². The zero-order valence-corrected chi connectivity index (χ0v) is 12.8. The molecule has 1 aromatic carbocycles. The average molecular weight is 313 g/mol. The number of hydrogen-bond acceptors (Lipinski definition) is 3. The van der Waals surface area contributed by atoms with Gasteiger partial charge >= 0.3 is 0 Å². The Bertz CT molecular complexity index is 411. The molecular weight excluding hydrogens is 292 g/mol. The number of halogens is 1. The molecule has 0 radical (unpaired) electrons. The number of nitrogens with zero attached hydrogens (tertiary/aromatic N) is 1. The highest BCUT2D eigenvalue weighted by atomic mass is 79.9. The normalized spacial score (nSPS) is 24.1. The van der Waals surface area contributed by atoms with Crippen LogP contribution in [0.5, 0.6) is 5.75 Å². The van der Waals surface area contributed by atoms with E-state index in [0.29, 0.717) is 12.0 Å². The summed E-state index contributed by atoms with van der Waals surface area (Å²) < 4.78 is 6.56. The lowest BCUT2D eigenvalue weighted by atomic mass is 9.93. The summed E-state index contributed by atoms with van der Waals surface area (Å²) in [5.41, 5.74) is 1.19. The summed E-state index contributed by atoms with van der Waals surface area (Å²) in [5, 5.41) is 3.40. The van der Waals surface area contributed by atoms with Crippen molar-refractivity contribution in [1.29, 1.82) is 0 Å². The lowest BCUT2D eigenvalue weighted by molar-refractivity contribution is 0.335.